The molecule has 98 valence electrons. The molecule has 2 heterocycles. The van der Waals surface area contributed by atoms with E-state index in [4.69, 9.17) is 0 Å². The van der Waals surface area contributed by atoms with Gasteiger partial charge in [-0.25, -0.2) is 4.98 Å². The minimum absolute atomic E-state index is 0.144. The first kappa shape index (κ1) is 11.9. The second-order valence-corrected chi connectivity index (χ2v) is 4.76. The first-order valence-corrected chi connectivity index (χ1v) is 6.44. The van der Waals surface area contributed by atoms with Crippen LogP contribution in [0.1, 0.15) is 37.4 Å². The maximum absolute atomic E-state index is 4.60. The zero-order valence-corrected chi connectivity index (χ0v) is 11.0. The van der Waals surface area contributed by atoms with Crippen LogP contribution in [-0.2, 0) is 0 Å². The summed E-state index contributed by atoms with van der Waals surface area (Å²) in [6.45, 7) is 4.21. The molecule has 0 fully saturated rings. The van der Waals surface area contributed by atoms with Crippen LogP contribution < -0.4 is 5.32 Å². The Balaban J connectivity index is 1.78. The van der Waals surface area contributed by atoms with Gasteiger partial charge in [0.1, 0.15) is 5.82 Å². The van der Waals surface area contributed by atoms with Crippen LogP contribution in [0.5, 0.6) is 0 Å². The van der Waals surface area contributed by atoms with Crippen molar-refractivity contribution in [3.8, 4) is 0 Å². The SMILES string of the molecule is CC(NC(C)c1nc2ccccc2[nH]1)c1ccn[nH]1. The zero-order valence-electron chi connectivity index (χ0n) is 11.0. The number of rotatable bonds is 4. The first-order chi connectivity index (χ1) is 9.24. The van der Waals surface area contributed by atoms with Crippen molar-refractivity contribution >= 4 is 11.0 Å². The van der Waals surface area contributed by atoms with Gasteiger partial charge in [0.15, 0.2) is 0 Å². The van der Waals surface area contributed by atoms with Gasteiger partial charge in [-0.3, -0.25) is 10.4 Å². The molecule has 2 aromatic heterocycles. The fraction of sp³-hybridized carbons (Fsp3) is 0.286. The smallest absolute Gasteiger partial charge is 0.124 e. The Morgan fingerprint density at radius 2 is 1.95 bits per heavy atom. The molecular weight excluding hydrogens is 238 g/mol. The van der Waals surface area contributed by atoms with Crippen LogP contribution in [0.2, 0.25) is 0 Å². The van der Waals surface area contributed by atoms with Crippen LogP contribution in [0.3, 0.4) is 0 Å². The highest BCUT2D eigenvalue weighted by Gasteiger charge is 2.14. The number of nitrogens with one attached hydrogen (secondary N) is 3. The lowest BCUT2D eigenvalue weighted by Gasteiger charge is -2.17. The van der Waals surface area contributed by atoms with E-state index in [1.807, 2.05) is 30.3 Å². The van der Waals surface area contributed by atoms with E-state index in [1.165, 1.54) is 0 Å². The molecular formula is C14H17N5. The number of hydrogen-bond donors (Lipinski definition) is 3. The highest BCUT2D eigenvalue weighted by molar-refractivity contribution is 5.74. The number of fused-ring (bicyclic) bond motifs is 1. The number of aromatic nitrogens is 4. The normalized spacial score (nSPS) is 14.6. The van der Waals surface area contributed by atoms with Gasteiger partial charge in [-0.15, -0.1) is 0 Å². The number of benzene rings is 1. The second-order valence-electron chi connectivity index (χ2n) is 4.76. The summed E-state index contributed by atoms with van der Waals surface area (Å²) in [6.07, 6.45) is 1.76. The third kappa shape index (κ3) is 2.37. The molecule has 0 aliphatic rings. The van der Waals surface area contributed by atoms with Gasteiger partial charge in [-0.05, 0) is 32.0 Å². The lowest BCUT2D eigenvalue weighted by Crippen LogP contribution is -2.23. The van der Waals surface area contributed by atoms with Gasteiger partial charge in [-0.1, -0.05) is 12.1 Å². The summed E-state index contributed by atoms with van der Waals surface area (Å²) in [5, 5.41) is 10.4. The van der Waals surface area contributed by atoms with E-state index in [-0.39, 0.29) is 12.1 Å². The van der Waals surface area contributed by atoms with Crippen molar-refractivity contribution in [2.45, 2.75) is 25.9 Å². The van der Waals surface area contributed by atoms with Gasteiger partial charge < -0.3 is 4.98 Å². The molecule has 1 aromatic carbocycles. The minimum atomic E-state index is 0.144. The Labute approximate surface area is 111 Å². The molecule has 0 saturated carbocycles. The Hall–Kier alpha value is -2.14. The van der Waals surface area contributed by atoms with Gasteiger partial charge in [0.2, 0.25) is 0 Å². The van der Waals surface area contributed by atoms with Crippen molar-refractivity contribution in [2.24, 2.45) is 0 Å². The van der Waals surface area contributed by atoms with Crippen LogP contribution in [-0.4, -0.2) is 20.2 Å². The highest BCUT2D eigenvalue weighted by Crippen LogP contribution is 2.18. The molecule has 5 nitrogen and oxygen atoms in total. The molecule has 0 aliphatic heterocycles. The summed E-state index contributed by atoms with van der Waals surface area (Å²) in [7, 11) is 0. The molecule has 0 amide bonds. The van der Waals surface area contributed by atoms with Gasteiger partial charge in [0.05, 0.1) is 22.8 Å². The van der Waals surface area contributed by atoms with Crippen LogP contribution in [0.4, 0.5) is 0 Å². The molecule has 0 spiro atoms. The predicted octanol–water partition coefficient (Wildman–Crippen LogP) is 2.70. The summed E-state index contributed by atoms with van der Waals surface area (Å²) in [6, 6.07) is 10.4. The van der Waals surface area contributed by atoms with E-state index in [2.05, 4.69) is 39.3 Å². The number of aromatic amines is 2. The van der Waals surface area contributed by atoms with Crippen molar-refractivity contribution in [2.75, 3.05) is 0 Å². The van der Waals surface area contributed by atoms with E-state index >= 15 is 0 Å². The van der Waals surface area contributed by atoms with Crippen molar-refractivity contribution in [1.29, 1.82) is 0 Å². The molecule has 3 rings (SSSR count). The first-order valence-electron chi connectivity index (χ1n) is 6.44. The van der Waals surface area contributed by atoms with Gasteiger partial charge >= 0.3 is 0 Å². The van der Waals surface area contributed by atoms with Crippen molar-refractivity contribution < 1.29 is 0 Å². The van der Waals surface area contributed by atoms with Crippen LogP contribution in [0.25, 0.3) is 11.0 Å². The zero-order chi connectivity index (χ0) is 13.2. The lowest BCUT2D eigenvalue weighted by molar-refractivity contribution is 0.472. The fourth-order valence-corrected chi connectivity index (χ4v) is 2.23. The maximum Gasteiger partial charge on any atom is 0.124 e. The van der Waals surface area contributed by atoms with Crippen molar-refractivity contribution in [3.63, 3.8) is 0 Å². The average Bonchev–Trinajstić information content (AvgIpc) is 3.07. The highest BCUT2D eigenvalue weighted by atomic mass is 15.1. The minimum Gasteiger partial charge on any atom is -0.341 e. The van der Waals surface area contributed by atoms with Gasteiger partial charge in [0.25, 0.3) is 0 Å². The third-order valence-corrected chi connectivity index (χ3v) is 3.31. The second kappa shape index (κ2) is 4.85. The van der Waals surface area contributed by atoms with Gasteiger partial charge in [-0.2, -0.15) is 5.10 Å². The molecule has 2 atom stereocenters. The molecule has 0 aliphatic carbocycles. The molecule has 19 heavy (non-hydrogen) atoms. The molecule has 5 heteroatoms. The van der Waals surface area contributed by atoms with Crippen molar-refractivity contribution in [3.05, 3.63) is 48.0 Å². The molecule has 0 saturated heterocycles. The molecule has 3 aromatic rings. The number of imidazole rings is 1. The Morgan fingerprint density at radius 1 is 1.11 bits per heavy atom. The van der Waals surface area contributed by atoms with E-state index < -0.39 is 0 Å². The van der Waals surface area contributed by atoms with E-state index in [0.717, 1.165) is 22.6 Å². The topological polar surface area (TPSA) is 69.4 Å². The Morgan fingerprint density at radius 3 is 2.68 bits per heavy atom. The number of para-hydroxylation sites is 2. The van der Waals surface area contributed by atoms with E-state index in [1.54, 1.807) is 6.20 Å². The summed E-state index contributed by atoms with van der Waals surface area (Å²) in [5.41, 5.74) is 3.14. The molecule has 3 N–H and O–H groups in total. The number of nitrogens with zero attached hydrogens (tertiary/aromatic N) is 2. The van der Waals surface area contributed by atoms with Crippen LogP contribution in [0.15, 0.2) is 36.5 Å². The van der Waals surface area contributed by atoms with E-state index in [0.29, 0.717) is 0 Å². The summed E-state index contributed by atoms with van der Waals surface area (Å²) in [5.74, 6) is 0.951. The molecule has 0 radical (unpaired) electrons. The molecule has 2 unspecified atom stereocenters. The Kier molecular flexibility index (Phi) is 3.05. The predicted molar refractivity (Wildman–Crippen MR) is 74.6 cm³/mol. The van der Waals surface area contributed by atoms with Crippen LogP contribution >= 0.6 is 0 Å². The third-order valence-electron chi connectivity index (χ3n) is 3.31. The Bertz CT molecular complexity index is 622. The average molecular weight is 255 g/mol. The largest absolute Gasteiger partial charge is 0.341 e. The van der Waals surface area contributed by atoms with Gasteiger partial charge in [0, 0.05) is 12.2 Å². The van der Waals surface area contributed by atoms with E-state index in [9.17, 15) is 0 Å². The fourth-order valence-electron chi connectivity index (χ4n) is 2.23. The van der Waals surface area contributed by atoms with Crippen LogP contribution in [0, 0.1) is 0 Å². The summed E-state index contributed by atoms with van der Waals surface area (Å²) >= 11 is 0. The maximum atomic E-state index is 4.60. The quantitative estimate of drug-likeness (QED) is 0.671. The monoisotopic (exact) mass is 255 g/mol. The number of H-pyrrole nitrogens is 2. The lowest BCUT2D eigenvalue weighted by atomic mass is 10.2. The summed E-state index contributed by atoms with van der Waals surface area (Å²) < 4.78 is 0. The summed E-state index contributed by atoms with van der Waals surface area (Å²) in [4.78, 5) is 7.95. The standard InChI is InChI=1S/C14H17N5/c1-9(11-7-8-15-19-11)16-10(2)14-17-12-5-3-4-6-13(12)18-14/h3-10,16H,1-2H3,(H,15,19)(H,17,18). The number of hydrogen-bond acceptors (Lipinski definition) is 3. The molecule has 0 bridgehead atoms. The van der Waals surface area contributed by atoms with Crippen molar-refractivity contribution in [1.82, 2.24) is 25.5 Å².